The van der Waals surface area contributed by atoms with Gasteiger partial charge in [-0.15, -0.1) is 13.2 Å². The molecule has 2 rings (SSSR count). The molecular formula is C34H56O8. The number of allylic oxidation sites excluding steroid dienone is 2. The molecule has 8 nitrogen and oxygen atoms in total. The molecule has 0 saturated heterocycles. The van der Waals surface area contributed by atoms with Gasteiger partial charge in [-0.2, -0.15) is 0 Å². The van der Waals surface area contributed by atoms with Crippen molar-refractivity contribution in [3.63, 3.8) is 0 Å². The van der Waals surface area contributed by atoms with Gasteiger partial charge in [-0.05, 0) is 76.0 Å². The predicted molar refractivity (Wildman–Crippen MR) is 164 cm³/mol. The molecule has 42 heavy (non-hydrogen) atoms. The summed E-state index contributed by atoms with van der Waals surface area (Å²) in [5, 5.41) is 18.5. The molecular weight excluding hydrogens is 536 g/mol. The summed E-state index contributed by atoms with van der Waals surface area (Å²) >= 11 is 0. The topological polar surface area (TPSA) is 127 Å². The summed E-state index contributed by atoms with van der Waals surface area (Å²) in [5.41, 5.74) is -1.70. The fraction of sp³-hybridized carbons (Fsp3) is 0.765. The number of aliphatic carboxylic acids is 2. The van der Waals surface area contributed by atoms with Gasteiger partial charge >= 0.3 is 23.9 Å². The first-order valence-electron chi connectivity index (χ1n) is 15.3. The second-order valence-corrected chi connectivity index (χ2v) is 14.7. The Morgan fingerprint density at radius 2 is 1.05 bits per heavy atom. The minimum Gasteiger partial charge on any atom is -0.481 e. The highest BCUT2D eigenvalue weighted by atomic mass is 16.6. The lowest BCUT2D eigenvalue weighted by atomic mass is 9.79. The molecule has 0 aromatic rings. The second-order valence-electron chi connectivity index (χ2n) is 14.7. The number of carbonyl (C=O) groups is 4. The van der Waals surface area contributed by atoms with Crippen molar-refractivity contribution < 1.29 is 38.9 Å². The van der Waals surface area contributed by atoms with Crippen molar-refractivity contribution in [1.29, 1.82) is 0 Å². The number of esters is 2. The van der Waals surface area contributed by atoms with Crippen molar-refractivity contribution >= 4 is 23.9 Å². The number of carboxylic acids is 2. The van der Waals surface area contributed by atoms with Crippen LogP contribution < -0.4 is 0 Å². The van der Waals surface area contributed by atoms with E-state index < -0.39 is 46.5 Å². The quantitative estimate of drug-likeness (QED) is 0.107. The Kier molecular flexibility index (Phi) is 13.5. The molecule has 240 valence electrons. The fourth-order valence-electron chi connectivity index (χ4n) is 5.41. The number of carbonyl (C=O) groups excluding carboxylic acids is 2. The standard InChI is InChI=1S/2C17H28O4/c2*1-6-7-8-9-12-11-17(12,5)21-14(18)10-13(15(19)20)16(2,3)4/h2*6,12-13H,1,7-11H2,2-5H3,(H,19,20)/t12-,13+,17-;12-,13-,17-/m01/s1. The van der Waals surface area contributed by atoms with E-state index in [1.165, 1.54) is 0 Å². The molecule has 0 aliphatic heterocycles. The number of rotatable bonds is 16. The lowest BCUT2D eigenvalue weighted by Gasteiger charge is -2.26. The Balaban J connectivity index is 0.000000420. The molecule has 0 aromatic carbocycles. The number of unbranched alkanes of at least 4 members (excludes halogenated alkanes) is 2. The van der Waals surface area contributed by atoms with Gasteiger partial charge in [-0.25, -0.2) is 0 Å². The van der Waals surface area contributed by atoms with Crippen molar-refractivity contribution in [3.05, 3.63) is 25.3 Å². The summed E-state index contributed by atoms with van der Waals surface area (Å²) in [5.74, 6) is -3.31. The van der Waals surface area contributed by atoms with Crippen molar-refractivity contribution in [2.75, 3.05) is 0 Å². The maximum atomic E-state index is 12.0. The van der Waals surface area contributed by atoms with Gasteiger partial charge in [-0.1, -0.05) is 53.7 Å². The van der Waals surface area contributed by atoms with Crippen molar-refractivity contribution in [2.45, 2.75) is 131 Å². The lowest BCUT2D eigenvalue weighted by Crippen LogP contribution is -2.32. The molecule has 8 heteroatoms. The number of ether oxygens (including phenoxy) is 2. The Morgan fingerprint density at radius 3 is 1.29 bits per heavy atom. The number of hydrogen-bond acceptors (Lipinski definition) is 6. The summed E-state index contributed by atoms with van der Waals surface area (Å²) < 4.78 is 11.1. The van der Waals surface area contributed by atoms with Crippen molar-refractivity contribution in [1.82, 2.24) is 0 Å². The van der Waals surface area contributed by atoms with Crippen LogP contribution in [0.4, 0.5) is 0 Å². The maximum Gasteiger partial charge on any atom is 0.307 e. The molecule has 0 bridgehead atoms. The molecule has 2 fully saturated rings. The smallest absolute Gasteiger partial charge is 0.307 e. The molecule has 0 aromatic heterocycles. The van der Waals surface area contributed by atoms with Crippen LogP contribution in [-0.2, 0) is 28.7 Å². The fourth-order valence-corrected chi connectivity index (χ4v) is 5.41. The largest absolute Gasteiger partial charge is 0.481 e. The molecule has 0 heterocycles. The third kappa shape index (κ3) is 12.3. The van der Waals surface area contributed by atoms with Crippen LogP contribution in [0.15, 0.2) is 25.3 Å². The van der Waals surface area contributed by atoms with Crippen LogP contribution >= 0.6 is 0 Å². The minimum absolute atomic E-state index is 0.0617. The van der Waals surface area contributed by atoms with Crippen LogP contribution in [0.25, 0.3) is 0 Å². The van der Waals surface area contributed by atoms with Gasteiger partial charge in [0.05, 0.1) is 24.7 Å². The van der Waals surface area contributed by atoms with E-state index in [-0.39, 0.29) is 24.0 Å². The first-order chi connectivity index (χ1) is 19.2. The zero-order valence-electron chi connectivity index (χ0n) is 27.3. The molecule has 2 saturated carbocycles. The van der Waals surface area contributed by atoms with Gasteiger partial charge in [0.2, 0.25) is 0 Å². The van der Waals surface area contributed by atoms with Gasteiger partial charge < -0.3 is 19.7 Å². The van der Waals surface area contributed by atoms with Crippen LogP contribution in [0, 0.1) is 34.5 Å². The van der Waals surface area contributed by atoms with Crippen LogP contribution in [0.2, 0.25) is 0 Å². The van der Waals surface area contributed by atoms with Crippen LogP contribution in [0.1, 0.15) is 120 Å². The van der Waals surface area contributed by atoms with Crippen molar-refractivity contribution in [2.24, 2.45) is 34.5 Å². The summed E-state index contributed by atoms with van der Waals surface area (Å²) in [7, 11) is 0. The van der Waals surface area contributed by atoms with E-state index in [0.29, 0.717) is 11.8 Å². The Bertz CT molecular complexity index is 893. The van der Waals surface area contributed by atoms with E-state index in [1.807, 2.05) is 67.5 Å². The van der Waals surface area contributed by atoms with Gasteiger partial charge in [0, 0.05) is 11.8 Å². The third-order valence-corrected chi connectivity index (χ3v) is 8.75. The van der Waals surface area contributed by atoms with Gasteiger partial charge in [0.15, 0.2) is 0 Å². The summed E-state index contributed by atoms with van der Waals surface area (Å²) in [6, 6.07) is 0. The van der Waals surface area contributed by atoms with Crippen LogP contribution in [0.3, 0.4) is 0 Å². The summed E-state index contributed by atoms with van der Waals surface area (Å²) in [6.45, 7) is 22.2. The minimum atomic E-state index is -0.942. The van der Waals surface area contributed by atoms with Crippen molar-refractivity contribution in [3.8, 4) is 0 Å². The molecule has 6 atom stereocenters. The van der Waals surface area contributed by atoms with Crippen LogP contribution in [0.5, 0.6) is 0 Å². The van der Waals surface area contributed by atoms with E-state index in [9.17, 15) is 29.4 Å². The maximum absolute atomic E-state index is 12.0. The molecule has 2 N–H and O–H groups in total. The number of carboxylic acid groups (broad SMARTS) is 2. The predicted octanol–water partition coefficient (Wildman–Crippen LogP) is 7.60. The summed E-state index contributed by atoms with van der Waals surface area (Å²) in [6.07, 6.45) is 11.5. The molecule has 2 aliphatic carbocycles. The average Bonchev–Trinajstić information content (AvgIpc) is 3.68. The molecule has 0 amide bonds. The molecule has 0 radical (unpaired) electrons. The average molecular weight is 593 g/mol. The van der Waals surface area contributed by atoms with E-state index in [1.54, 1.807) is 0 Å². The Morgan fingerprint density at radius 1 is 0.738 bits per heavy atom. The van der Waals surface area contributed by atoms with Crippen LogP contribution in [-0.4, -0.2) is 45.3 Å². The Hall–Kier alpha value is -2.64. The zero-order chi connectivity index (χ0) is 32.5. The number of hydrogen-bond donors (Lipinski definition) is 2. The van der Waals surface area contributed by atoms with E-state index in [2.05, 4.69) is 13.2 Å². The first kappa shape index (κ1) is 37.4. The van der Waals surface area contributed by atoms with Gasteiger partial charge in [0.1, 0.15) is 11.2 Å². The Labute approximate surface area is 253 Å². The monoisotopic (exact) mass is 592 g/mol. The van der Waals surface area contributed by atoms with Gasteiger partial charge in [-0.3, -0.25) is 19.2 Å². The normalized spacial score (nSPS) is 26.0. The SMILES string of the molecule is C=CCCC[C@@H]1C[C@@]1(C)OC(=O)C[C@H](C(=O)O)C(C)(C)C.C=CCCC[C@H]1C[C@]1(C)OC(=O)C[C@H](C(=O)O)C(C)(C)C. The van der Waals surface area contributed by atoms with Gasteiger partial charge in [0.25, 0.3) is 0 Å². The molecule has 0 spiro atoms. The van der Waals surface area contributed by atoms with E-state index >= 15 is 0 Å². The molecule has 0 unspecified atom stereocenters. The van der Waals surface area contributed by atoms with E-state index in [0.717, 1.165) is 51.4 Å². The highest BCUT2D eigenvalue weighted by Crippen LogP contribution is 2.51. The third-order valence-electron chi connectivity index (χ3n) is 8.75. The van der Waals surface area contributed by atoms with E-state index in [4.69, 9.17) is 9.47 Å². The lowest BCUT2D eigenvalue weighted by molar-refractivity contribution is -0.159. The summed E-state index contributed by atoms with van der Waals surface area (Å²) in [4.78, 5) is 46.6. The second kappa shape index (κ2) is 15.2. The first-order valence-corrected chi connectivity index (χ1v) is 15.3. The molecule has 2 aliphatic rings. The zero-order valence-corrected chi connectivity index (χ0v) is 27.3. The highest BCUT2D eigenvalue weighted by Gasteiger charge is 2.54. The highest BCUT2D eigenvalue weighted by molar-refractivity contribution is 5.80.